The van der Waals surface area contributed by atoms with Crippen molar-refractivity contribution in [1.29, 1.82) is 0 Å². The molecule has 288 valence electrons. The Balaban J connectivity index is 1.01. The third-order valence-corrected chi connectivity index (χ3v) is 12.5. The molecule has 1 saturated carbocycles. The van der Waals surface area contributed by atoms with Crippen LogP contribution < -0.4 is 9.80 Å². The van der Waals surface area contributed by atoms with E-state index in [4.69, 9.17) is 0 Å². The van der Waals surface area contributed by atoms with Gasteiger partial charge in [-0.1, -0.05) is 141 Å². The SMILES string of the molecule is CC(c1ccc(N(c2ccccc2)c2ccccc2)cc1)c1ccc(N(c2ccc(C3CCCCC3)cc2)c2ccc3c4ccccc4n(-c4ccccc4)c3c2)cc1. The van der Waals surface area contributed by atoms with Crippen LogP contribution in [-0.4, -0.2) is 4.57 Å². The Morgan fingerprint density at radius 2 is 0.847 bits per heavy atom. The van der Waals surface area contributed by atoms with Gasteiger partial charge < -0.3 is 14.4 Å². The Morgan fingerprint density at radius 3 is 1.42 bits per heavy atom. The summed E-state index contributed by atoms with van der Waals surface area (Å²) in [5.41, 5.74) is 14.5. The molecule has 1 atom stereocenters. The van der Waals surface area contributed by atoms with Gasteiger partial charge in [-0.15, -0.1) is 0 Å². The maximum Gasteiger partial charge on any atom is 0.0561 e. The van der Waals surface area contributed by atoms with Crippen LogP contribution in [0.1, 0.15) is 67.6 Å². The lowest BCUT2D eigenvalue weighted by Gasteiger charge is -2.28. The van der Waals surface area contributed by atoms with E-state index in [0.29, 0.717) is 5.92 Å². The third kappa shape index (κ3) is 7.19. The van der Waals surface area contributed by atoms with E-state index in [9.17, 15) is 0 Å². The first kappa shape index (κ1) is 36.5. The van der Waals surface area contributed by atoms with Crippen molar-refractivity contribution in [1.82, 2.24) is 4.57 Å². The van der Waals surface area contributed by atoms with Crippen molar-refractivity contribution in [3.63, 3.8) is 0 Å². The van der Waals surface area contributed by atoms with Gasteiger partial charge in [0.05, 0.1) is 11.0 Å². The molecule has 8 aromatic carbocycles. The second-order valence-electron chi connectivity index (χ2n) is 16.1. The first-order chi connectivity index (χ1) is 29.2. The van der Waals surface area contributed by atoms with E-state index in [1.807, 2.05) is 0 Å². The number of hydrogen-bond acceptors (Lipinski definition) is 2. The molecule has 0 bridgehead atoms. The maximum atomic E-state index is 2.43. The second-order valence-corrected chi connectivity index (χ2v) is 16.1. The zero-order chi connectivity index (χ0) is 39.5. The lowest BCUT2D eigenvalue weighted by Crippen LogP contribution is -2.11. The highest BCUT2D eigenvalue weighted by Gasteiger charge is 2.21. The van der Waals surface area contributed by atoms with Crippen LogP contribution in [0, 0.1) is 0 Å². The number of para-hydroxylation sites is 4. The van der Waals surface area contributed by atoms with Crippen molar-refractivity contribution < 1.29 is 0 Å². The van der Waals surface area contributed by atoms with Crippen LogP contribution in [0.25, 0.3) is 27.5 Å². The molecule has 3 heteroatoms. The molecule has 1 unspecified atom stereocenters. The highest BCUT2D eigenvalue weighted by atomic mass is 15.1. The van der Waals surface area contributed by atoms with Gasteiger partial charge in [-0.3, -0.25) is 0 Å². The standard InChI is InChI=1S/C56H49N3/c1-41(42-26-32-49(33-27-42)57(46-18-8-3-9-19-46)47-20-10-4-11-21-47)43-28-34-50(35-29-43)58(51-36-30-45(31-37-51)44-16-6-2-7-17-44)52-38-39-54-53-24-14-15-25-55(53)59(56(54)40-52)48-22-12-5-13-23-48/h3-5,8-15,18-41,44H,2,6-7,16-17H2,1H3. The fraction of sp³-hybridized carbons (Fsp3) is 0.143. The Labute approximate surface area is 348 Å². The summed E-state index contributed by atoms with van der Waals surface area (Å²) in [4.78, 5) is 4.75. The summed E-state index contributed by atoms with van der Waals surface area (Å²) < 4.78 is 2.41. The Hall–Kier alpha value is -6.84. The largest absolute Gasteiger partial charge is 0.311 e. The fourth-order valence-corrected chi connectivity index (χ4v) is 9.35. The third-order valence-electron chi connectivity index (χ3n) is 12.5. The van der Waals surface area contributed by atoms with Crippen LogP contribution in [0.3, 0.4) is 0 Å². The summed E-state index contributed by atoms with van der Waals surface area (Å²) in [5, 5.41) is 2.52. The molecule has 1 fully saturated rings. The molecule has 1 heterocycles. The first-order valence-corrected chi connectivity index (χ1v) is 21.3. The zero-order valence-electron chi connectivity index (χ0n) is 33.7. The van der Waals surface area contributed by atoms with E-state index in [-0.39, 0.29) is 5.92 Å². The molecule has 0 radical (unpaired) electrons. The minimum absolute atomic E-state index is 0.223. The summed E-state index contributed by atoms with van der Waals surface area (Å²) in [6.45, 7) is 2.31. The molecule has 1 aliphatic rings. The summed E-state index contributed by atoms with van der Waals surface area (Å²) in [6, 6.07) is 75.5. The van der Waals surface area contributed by atoms with Gasteiger partial charge in [0.25, 0.3) is 0 Å². The molecule has 9 aromatic rings. The van der Waals surface area contributed by atoms with E-state index in [1.54, 1.807) is 0 Å². The van der Waals surface area contributed by atoms with E-state index >= 15 is 0 Å². The molecule has 1 aliphatic carbocycles. The summed E-state index contributed by atoms with van der Waals surface area (Å²) in [6.07, 6.45) is 6.63. The van der Waals surface area contributed by atoms with Crippen molar-refractivity contribution >= 4 is 55.9 Å². The van der Waals surface area contributed by atoms with Gasteiger partial charge in [0.1, 0.15) is 0 Å². The highest BCUT2D eigenvalue weighted by molar-refractivity contribution is 6.10. The average molecular weight is 764 g/mol. The Kier molecular flexibility index (Phi) is 10.0. The lowest BCUT2D eigenvalue weighted by molar-refractivity contribution is 0.443. The molecule has 10 rings (SSSR count). The van der Waals surface area contributed by atoms with Gasteiger partial charge in [-0.25, -0.2) is 0 Å². The smallest absolute Gasteiger partial charge is 0.0561 e. The van der Waals surface area contributed by atoms with Crippen molar-refractivity contribution in [2.45, 2.75) is 50.9 Å². The molecule has 1 aromatic heterocycles. The van der Waals surface area contributed by atoms with E-state index in [0.717, 1.165) is 28.4 Å². The summed E-state index contributed by atoms with van der Waals surface area (Å²) in [5.74, 6) is 0.889. The molecular weight excluding hydrogens is 715 g/mol. The molecule has 0 aliphatic heterocycles. The van der Waals surface area contributed by atoms with Gasteiger partial charge in [-0.05, 0) is 126 Å². The van der Waals surface area contributed by atoms with Gasteiger partial charge >= 0.3 is 0 Å². The molecule has 0 amide bonds. The van der Waals surface area contributed by atoms with Crippen LogP contribution in [0.5, 0.6) is 0 Å². The minimum Gasteiger partial charge on any atom is -0.311 e. The average Bonchev–Trinajstić information content (AvgIpc) is 3.65. The number of anilines is 6. The Morgan fingerprint density at radius 1 is 0.407 bits per heavy atom. The van der Waals surface area contributed by atoms with E-state index in [1.165, 1.54) is 82.0 Å². The van der Waals surface area contributed by atoms with Gasteiger partial charge in [0.2, 0.25) is 0 Å². The highest BCUT2D eigenvalue weighted by Crippen LogP contribution is 2.42. The van der Waals surface area contributed by atoms with Gasteiger partial charge in [0, 0.05) is 56.5 Å². The lowest BCUT2D eigenvalue weighted by atomic mass is 9.84. The molecule has 0 N–H and O–H groups in total. The number of rotatable bonds is 10. The van der Waals surface area contributed by atoms with Crippen molar-refractivity contribution in [3.05, 3.63) is 223 Å². The molecule has 3 nitrogen and oxygen atoms in total. The number of aromatic nitrogens is 1. The van der Waals surface area contributed by atoms with E-state index in [2.05, 4.69) is 228 Å². The first-order valence-electron chi connectivity index (χ1n) is 21.3. The van der Waals surface area contributed by atoms with Gasteiger partial charge in [-0.2, -0.15) is 0 Å². The summed E-state index contributed by atoms with van der Waals surface area (Å²) >= 11 is 0. The van der Waals surface area contributed by atoms with Crippen LogP contribution in [-0.2, 0) is 0 Å². The second kappa shape index (κ2) is 16.2. The normalized spacial score (nSPS) is 13.7. The number of nitrogens with zero attached hydrogens (tertiary/aromatic N) is 3. The Bertz CT molecular complexity index is 2740. The number of benzene rings is 8. The topological polar surface area (TPSA) is 11.4 Å². The number of hydrogen-bond donors (Lipinski definition) is 0. The van der Waals surface area contributed by atoms with Crippen LogP contribution in [0.15, 0.2) is 206 Å². The predicted octanol–water partition coefficient (Wildman–Crippen LogP) is 15.9. The predicted molar refractivity (Wildman–Crippen MR) is 250 cm³/mol. The minimum atomic E-state index is 0.223. The maximum absolute atomic E-state index is 2.43. The monoisotopic (exact) mass is 763 g/mol. The molecule has 0 spiro atoms. The van der Waals surface area contributed by atoms with Crippen LogP contribution >= 0.6 is 0 Å². The zero-order valence-corrected chi connectivity index (χ0v) is 33.7. The van der Waals surface area contributed by atoms with Crippen molar-refractivity contribution in [2.75, 3.05) is 9.80 Å². The number of fused-ring (bicyclic) bond motifs is 3. The van der Waals surface area contributed by atoms with E-state index < -0.39 is 0 Å². The van der Waals surface area contributed by atoms with Crippen molar-refractivity contribution in [2.24, 2.45) is 0 Å². The molecular formula is C56H49N3. The summed E-state index contributed by atoms with van der Waals surface area (Å²) in [7, 11) is 0. The quantitative estimate of drug-likeness (QED) is 0.137. The fourth-order valence-electron chi connectivity index (χ4n) is 9.35. The van der Waals surface area contributed by atoms with Crippen LogP contribution in [0.2, 0.25) is 0 Å². The van der Waals surface area contributed by atoms with Crippen molar-refractivity contribution in [3.8, 4) is 5.69 Å². The van der Waals surface area contributed by atoms with Crippen LogP contribution in [0.4, 0.5) is 34.1 Å². The van der Waals surface area contributed by atoms with Gasteiger partial charge in [0.15, 0.2) is 0 Å². The molecule has 59 heavy (non-hydrogen) atoms. The molecule has 0 saturated heterocycles.